The van der Waals surface area contributed by atoms with E-state index in [1.165, 1.54) is 12.1 Å². The van der Waals surface area contributed by atoms with Crippen LogP contribution in [-0.2, 0) is 14.4 Å². The topological polar surface area (TPSA) is 132 Å². The molecule has 7 nitrogen and oxygen atoms in total. The van der Waals surface area contributed by atoms with Gasteiger partial charge < -0.3 is 20.4 Å². The number of hydrogen-bond acceptors (Lipinski definition) is 5. The molecule has 0 aliphatic rings. The van der Waals surface area contributed by atoms with Crippen LogP contribution in [0.5, 0.6) is 11.5 Å². The van der Waals surface area contributed by atoms with E-state index in [9.17, 15) is 19.5 Å². The van der Waals surface area contributed by atoms with Gasteiger partial charge in [-0.15, -0.1) is 0 Å². The first kappa shape index (κ1) is 14.2. The number of aromatic hydroxyl groups is 2. The van der Waals surface area contributed by atoms with Crippen LogP contribution in [0.25, 0.3) is 6.08 Å². The second-order valence-electron chi connectivity index (χ2n) is 3.59. The lowest BCUT2D eigenvalue weighted by Crippen LogP contribution is -2.30. The molecule has 1 aromatic carbocycles. The Morgan fingerprint density at radius 3 is 2.05 bits per heavy atom. The number of rotatable bonds is 5. The summed E-state index contributed by atoms with van der Waals surface area (Å²) in [6.45, 7) is 0. The van der Waals surface area contributed by atoms with Gasteiger partial charge >= 0.3 is 11.9 Å². The minimum atomic E-state index is -2.16. The van der Waals surface area contributed by atoms with Crippen molar-refractivity contribution in [3.63, 3.8) is 0 Å². The molecular formula is C12H10O7. The predicted octanol–water partition coefficient (Wildman–Crippen LogP) is 0.466. The Bertz CT molecular complexity index is 545. The Labute approximate surface area is 107 Å². The monoisotopic (exact) mass is 266 g/mol. The lowest BCUT2D eigenvalue weighted by Gasteiger charge is -2.02. The first-order valence-electron chi connectivity index (χ1n) is 5.02. The number of benzene rings is 1. The number of carboxylic acid groups (broad SMARTS) is 2. The van der Waals surface area contributed by atoms with Gasteiger partial charge in [-0.05, 0) is 23.8 Å². The van der Waals surface area contributed by atoms with Crippen LogP contribution < -0.4 is 0 Å². The molecule has 0 fully saturated rings. The molecule has 0 atom stereocenters. The molecule has 0 aliphatic heterocycles. The number of phenolic OH excluding ortho intramolecular Hbond substituents is 2. The maximum absolute atomic E-state index is 11.4. The Hall–Kier alpha value is -2.83. The number of phenols is 2. The lowest BCUT2D eigenvalue weighted by atomic mass is 10.0. The van der Waals surface area contributed by atoms with Crippen molar-refractivity contribution < 1.29 is 34.8 Å². The third-order valence-electron chi connectivity index (χ3n) is 2.22. The number of carbonyl (C=O) groups is 3. The van der Waals surface area contributed by atoms with Crippen molar-refractivity contribution in [2.45, 2.75) is 0 Å². The molecule has 19 heavy (non-hydrogen) atoms. The van der Waals surface area contributed by atoms with Crippen LogP contribution in [0.2, 0.25) is 0 Å². The van der Waals surface area contributed by atoms with E-state index in [2.05, 4.69) is 0 Å². The number of aliphatic carboxylic acids is 2. The standard InChI is InChI=1S/C12H10O7/c13-7-3-1-6(5-9(7)15)2-4-8(14)10(11(16)17)12(18)19/h1-5,10,13,15H,(H,16,17)(H,18,19)/b4-2+. The third kappa shape index (κ3) is 3.56. The third-order valence-corrected chi connectivity index (χ3v) is 2.22. The van der Waals surface area contributed by atoms with Crippen LogP contribution in [0.4, 0.5) is 0 Å². The lowest BCUT2D eigenvalue weighted by molar-refractivity contribution is -0.156. The molecular weight excluding hydrogens is 256 g/mol. The van der Waals surface area contributed by atoms with Crippen LogP contribution in [0, 0.1) is 5.92 Å². The van der Waals surface area contributed by atoms with Gasteiger partial charge in [0.05, 0.1) is 0 Å². The highest BCUT2D eigenvalue weighted by Gasteiger charge is 2.31. The highest BCUT2D eigenvalue weighted by Crippen LogP contribution is 2.25. The molecule has 0 saturated heterocycles. The molecule has 0 aromatic heterocycles. The minimum absolute atomic E-state index is 0.304. The van der Waals surface area contributed by atoms with Crippen LogP contribution in [-0.4, -0.2) is 38.1 Å². The second-order valence-corrected chi connectivity index (χ2v) is 3.59. The molecule has 1 rings (SSSR count). The van der Waals surface area contributed by atoms with Crippen molar-refractivity contribution >= 4 is 23.8 Å². The van der Waals surface area contributed by atoms with E-state index in [1.54, 1.807) is 0 Å². The Morgan fingerprint density at radius 1 is 1.00 bits per heavy atom. The van der Waals surface area contributed by atoms with Gasteiger partial charge in [0.1, 0.15) is 0 Å². The zero-order valence-corrected chi connectivity index (χ0v) is 9.48. The van der Waals surface area contributed by atoms with E-state index < -0.39 is 29.4 Å². The van der Waals surface area contributed by atoms with Gasteiger partial charge in [-0.2, -0.15) is 0 Å². The van der Waals surface area contributed by atoms with Gasteiger partial charge in [0.15, 0.2) is 17.3 Å². The molecule has 0 heterocycles. The zero-order chi connectivity index (χ0) is 14.6. The normalized spacial score (nSPS) is 10.8. The highest BCUT2D eigenvalue weighted by atomic mass is 16.4. The van der Waals surface area contributed by atoms with Crippen LogP contribution in [0.15, 0.2) is 24.3 Å². The highest BCUT2D eigenvalue weighted by molar-refractivity contribution is 6.18. The fourth-order valence-electron chi connectivity index (χ4n) is 1.27. The number of carboxylic acids is 2. The van der Waals surface area contributed by atoms with Crippen molar-refractivity contribution in [1.29, 1.82) is 0 Å². The molecule has 4 N–H and O–H groups in total. The summed E-state index contributed by atoms with van der Waals surface area (Å²) in [7, 11) is 0. The van der Waals surface area contributed by atoms with Crippen molar-refractivity contribution in [1.82, 2.24) is 0 Å². The van der Waals surface area contributed by atoms with E-state index in [1.807, 2.05) is 0 Å². The van der Waals surface area contributed by atoms with Crippen molar-refractivity contribution in [2.24, 2.45) is 5.92 Å². The number of ketones is 1. The maximum Gasteiger partial charge on any atom is 0.325 e. The summed E-state index contributed by atoms with van der Waals surface area (Å²) in [5, 5.41) is 35.4. The van der Waals surface area contributed by atoms with E-state index in [-0.39, 0.29) is 5.75 Å². The summed E-state index contributed by atoms with van der Waals surface area (Å²) in [5.74, 6) is -7.54. The minimum Gasteiger partial charge on any atom is -0.504 e. The summed E-state index contributed by atoms with van der Waals surface area (Å²) in [4.78, 5) is 32.6. The molecule has 0 spiro atoms. The van der Waals surface area contributed by atoms with Gasteiger partial charge in [0.2, 0.25) is 5.92 Å². The molecule has 0 radical (unpaired) electrons. The maximum atomic E-state index is 11.4. The van der Waals surface area contributed by atoms with Gasteiger partial charge in [0, 0.05) is 0 Å². The number of carbonyl (C=O) groups excluding carboxylic acids is 1. The van der Waals surface area contributed by atoms with Gasteiger partial charge in [-0.3, -0.25) is 14.4 Å². The van der Waals surface area contributed by atoms with Crippen LogP contribution >= 0.6 is 0 Å². The van der Waals surface area contributed by atoms with Gasteiger partial charge in [-0.25, -0.2) is 0 Å². The average Bonchev–Trinajstić information content (AvgIpc) is 2.29. The largest absolute Gasteiger partial charge is 0.504 e. The Kier molecular flexibility index (Phi) is 4.25. The van der Waals surface area contributed by atoms with Crippen LogP contribution in [0.1, 0.15) is 5.56 Å². The van der Waals surface area contributed by atoms with Crippen molar-refractivity contribution in [3.05, 3.63) is 29.8 Å². The number of allylic oxidation sites excluding steroid dienone is 1. The fraction of sp³-hybridized carbons (Fsp3) is 0.0833. The summed E-state index contributed by atoms with van der Waals surface area (Å²) in [6.07, 6.45) is 1.93. The molecule has 0 unspecified atom stereocenters. The molecule has 1 aromatic rings. The molecule has 100 valence electrons. The predicted molar refractivity (Wildman–Crippen MR) is 62.6 cm³/mol. The zero-order valence-electron chi connectivity index (χ0n) is 9.48. The molecule has 0 saturated carbocycles. The van der Waals surface area contributed by atoms with E-state index in [4.69, 9.17) is 15.3 Å². The van der Waals surface area contributed by atoms with Gasteiger partial charge in [-0.1, -0.05) is 12.1 Å². The SMILES string of the molecule is O=C(O)C(C(=O)O)C(=O)/C=C/c1ccc(O)c(O)c1. The fourth-order valence-corrected chi connectivity index (χ4v) is 1.27. The first-order valence-corrected chi connectivity index (χ1v) is 5.02. The summed E-state index contributed by atoms with van der Waals surface area (Å²) in [6, 6.07) is 3.66. The molecule has 0 bridgehead atoms. The quantitative estimate of drug-likeness (QED) is 0.346. The molecule has 0 aliphatic carbocycles. The average molecular weight is 266 g/mol. The Morgan fingerprint density at radius 2 is 1.58 bits per heavy atom. The number of hydrogen-bond donors (Lipinski definition) is 4. The summed E-state index contributed by atoms with van der Waals surface area (Å²) in [5.41, 5.74) is 0.304. The van der Waals surface area contributed by atoms with Crippen LogP contribution in [0.3, 0.4) is 0 Å². The second kappa shape index (κ2) is 5.67. The summed E-state index contributed by atoms with van der Waals surface area (Å²) < 4.78 is 0. The molecule has 7 heteroatoms. The van der Waals surface area contributed by atoms with E-state index in [0.29, 0.717) is 5.56 Å². The van der Waals surface area contributed by atoms with Crippen molar-refractivity contribution in [3.8, 4) is 11.5 Å². The first-order chi connectivity index (χ1) is 8.82. The Balaban J connectivity index is 2.91. The van der Waals surface area contributed by atoms with E-state index in [0.717, 1.165) is 18.2 Å². The van der Waals surface area contributed by atoms with Crippen molar-refractivity contribution in [2.75, 3.05) is 0 Å². The summed E-state index contributed by atoms with van der Waals surface area (Å²) >= 11 is 0. The molecule has 0 amide bonds. The van der Waals surface area contributed by atoms with E-state index >= 15 is 0 Å². The smallest absolute Gasteiger partial charge is 0.325 e. The van der Waals surface area contributed by atoms with Gasteiger partial charge in [0.25, 0.3) is 0 Å².